The smallest absolute Gasteiger partial charge is 0.188 e. The third-order valence-corrected chi connectivity index (χ3v) is 2.50. The molecular weight excluding hydrogens is 208 g/mol. The zero-order valence-corrected chi connectivity index (χ0v) is 9.19. The maximum atomic E-state index is 10.9. The van der Waals surface area contributed by atoms with E-state index in [9.17, 15) is 4.79 Å². The molecule has 1 aliphatic rings. The van der Waals surface area contributed by atoms with Crippen LogP contribution in [0.1, 0.15) is 22.3 Å². The lowest BCUT2D eigenvalue weighted by atomic mass is 10.0. The number of ether oxygens (including phenoxy) is 3. The van der Waals surface area contributed by atoms with Crippen molar-refractivity contribution in [3.63, 3.8) is 0 Å². The standard InChI is InChI=1S/C12H14O4/c1-14-8-16-12-5-9-3-2-4-15-11(9)6-10(12)7-13/h5-7H,2-4,8H2,1H3. The summed E-state index contributed by atoms with van der Waals surface area (Å²) in [5.41, 5.74) is 1.58. The Morgan fingerprint density at radius 1 is 1.50 bits per heavy atom. The Balaban J connectivity index is 2.31. The first-order chi connectivity index (χ1) is 7.85. The number of aryl methyl sites for hydroxylation is 1. The molecule has 16 heavy (non-hydrogen) atoms. The second kappa shape index (κ2) is 4.99. The van der Waals surface area contributed by atoms with Crippen LogP contribution in [0.4, 0.5) is 0 Å². The van der Waals surface area contributed by atoms with Crippen molar-refractivity contribution in [1.29, 1.82) is 0 Å². The Morgan fingerprint density at radius 3 is 3.12 bits per heavy atom. The summed E-state index contributed by atoms with van der Waals surface area (Å²) in [6.45, 7) is 0.851. The summed E-state index contributed by atoms with van der Waals surface area (Å²) in [6.07, 6.45) is 2.72. The molecule has 2 rings (SSSR count). The minimum Gasteiger partial charge on any atom is -0.493 e. The van der Waals surface area contributed by atoms with E-state index < -0.39 is 0 Å². The number of aldehydes is 1. The van der Waals surface area contributed by atoms with Gasteiger partial charge in [-0.1, -0.05) is 0 Å². The molecule has 0 atom stereocenters. The van der Waals surface area contributed by atoms with Gasteiger partial charge in [-0.2, -0.15) is 0 Å². The molecule has 1 heterocycles. The van der Waals surface area contributed by atoms with Crippen LogP contribution in [-0.4, -0.2) is 26.8 Å². The van der Waals surface area contributed by atoms with E-state index in [1.165, 1.54) is 0 Å². The van der Waals surface area contributed by atoms with Gasteiger partial charge in [-0.25, -0.2) is 0 Å². The topological polar surface area (TPSA) is 44.8 Å². The lowest BCUT2D eigenvalue weighted by Gasteiger charge is -2.19. The Bertz CT molecular complexity index is 387. The van der Waals surface area contributed by atoms with Crippen molar-refractivity contribution in [3.8, 4) is 11.5 Å². The molecule has 0 fully saturated rings. The first kappa shape index (κ1) is 11.0. The molecule has 0 aliphatic carbocycles. The fourth-order valence-electron chi connectivity index (χ4n) is 1.73. The van der Waals surface area contributed by atoms with Gasteiger partial charge in [0.1, 0.15) is 11.5 Å². The van der Waals surface area contributed by atoms with E-state index >= 15 is 0 Å². The SMILES string of the molecule is COCOc1cc2c(cc1C=O)OCCC2. The predicted octanol–water partition coefficient (Wildman–Crippen LogP) is 1.81. The Morgan fingerprint density at radius 2 is 2.38 bits per heavy atom. The monoisotopic (exact) mass is 222 g/mol. The van der Waals surface area contributed by atoms with Gasteiger partial charge in [0.25, 0.3) is 0 Å². The van der Waals surface area contributed by atoms with Crippen LogP contribution in [0.25, 0.3) is 0 Å². The van der Waals surface area contributed by atoms with Crippen molar-refractivity contribution in [2.75, 3.05) is 20.5 Å². The van der Waals surface area contributed by atoms with Crippen LogP contribution in [0, 0.1) is 0 Å². The van der Waals surface area contributed by atoms with E-state index in [4.69, 9.17) is 14.2 Å². The summed E-state index contributed by atoms with van der Waals surface area (Å²) in [5.74, 6) is 1.35. The van der Waals surface area contributed by atoms with Crippen LogP contribution in [0.3, 0.4) is 0 Å². The highest BCUT2D eigenvalue weighted by molar-refractivity contribution is 5.80. The molecule has 4 nitrogen and oxygen atoms in total. The number of carbonyl (C=O) groups excluding carboxylic acids is 1. The number of benzene rings is 1. The van der Waals surface area contributed by atoms with Crippen LogP contribution in [0.5, 0.6) is 11.5 Å². The van der Waals surface area contributed by atoms with Crippen LogP contribution < -0.4 is 9.47 Å². The maximum absolute atomic E-state index is 10.9. The van der Waals surface area contributed by atoms with Gasteiger partial charge < -0.3 is 14.2 Å². The average Bonchev–Trinajstić information content (AvgIpc) is 2.35. The van der Waals surface area contributed by atoms with Crippen molar-refractivity contribution < 1.29 is 19.0 Å². The summed E-state index contributed by atoms with van der Waals surface area (Å²) in [5, 5.41) is 0. The molecule has 1 aromatic rings. The molecule has 0 unspecified atom stereocenters. The normalized spacial score (nSPS) is 13.8. The second-order valence-electron chi connectivity index (χ2n) is 3.62. The van der Waals surface area contributed by atoms with Gasteiger partial charge in [0.05, 0.1) is 12.2 Å². The van der Waals surface area contributed by atoms with Crippen molar-refractivity contribution in [1.82, 2.24) is 0 Å². The highest BCUT2D eigenvalue weighted by atomic mass is 16.7. The maximum Gasteiger partial charge on any atom is 0.188 e. The fourth-order valence-corrected chi connectivity index (χ4v) is 1.73. The summed E-state index contributed by atoms with van der Waals surface area (Å²) in [4.78, 5) is 10.9. The largest absolute Gasteiger partial charge is 0.493 e. The first-order valence-electron chi connectivity index (χ1n) is 5.22. The third-order valence-electron chi connectivity index (χ3n) is 2.50. The molecule has 4 heteroatoms. The average molecular weight is 222 g/mol. The van der Waals surface area contributed by atoms with Crippen LogP contribution in [-0.2, 0) is 11.2 Å². The van der Waals surface area contributed by atoms with Gasteiger partial charge >= 0.3 is 0 Å². The molecule has 0 aromatic heterocycles. The highest BCUT2D eigenvalue weighted by Crippen LogP contribution is 2.31. The zero-order valence-electron chi connectivity index (χ0n) is 9.19. The molecule has 0 spiro atoms. The molecule has 0 bridgehead atoms. The van der Waals surface area contributed by atoms with Gasteiger partial charge in [0, 0.05) is 7.11 Å². The fraction of sp³-hybridized carbons (Fsp3) is 0.417. The number of rotatable bonds is 4. The van der Waals surface area contributed by atoms with E-state index in [-0.39, 0.29) is 6.79 Å². The minimum absolute atomic E-state index is 0.139. The van der Waals surface area contributed by atoms with Gasteiger partial charge in [-0.15, -0.1) is 0 Å². The van der Waals surface area contributed by atoms with E-state index in [1.807, 2.05) is 6.07 Å². The molecule has 0 saturated heterocycles. The Kier molecular flexibility index (Phi) is 3.41. The van der Waals surface area contributed by atoms with Crippen LogP contribution in [0.15, 0.2) is 12.1 Å². The number of carbonyl (C=O) groups is 1. The summed E-state index contributed by atoms with van der Waals surface area (Å²) < 4.78 is 15.6. The molecular formula is C12H14O4. The zero-order chi connectivity index (χ0) is 11.4. The van der Waals surface area contributed by atoms with E-state index in [1.54, 1.807) is 13.2 Å². The highest BCUT2D eigenvalue weighted by Gasteiger charge is 2.15. The number of methoxy groups -OCH3 is 1. The van der Waals surface area contributed by atoms with E-state index in [0.717, 1.165) is 30.4 Å². The molecule has 0 radical (unpaired) electrons. The number of hydrogen-bond donors (Lipinski definition) is 0. The first-order valence-corrected chi connectivity index (χ1v) is 5.22. The second-order valence-corrected chi connectivity index (χ2v) is 3.62. The molecule has 1 aliphatic heterocycles. The number of hydrogen-bond acceptors (Lipinski definition) is 4. The van der Waals surface area contributed by atoms with Gasteiger partial charge in [0.2, 0.25) is 0 Å². The van der Waals surface area contributed by atoms with E-state index in [0.29, 0.717) is 17.9 Å². The van der Waals surface area contributed by atoms with Gasteiger partial charge in [-0.3, -0.25) is 4.79 Å². The minimum atomic E-state index is 0.139. The molecule has 1 aromatic carbocycles. The van der Waals surface area contributed by atoms with E-state index in [2.05, 4.69) is 0 Å². The molecule has 0 N–H and O–H groups in total. The lowest BCUT2D eigenvalue weighted by Crippen LogP contribution is -2.10. The summed E-state index contributed by atoms with van der Waals surface area (Å²) >= 11 is 0. The summed E-state index contributed by atoms with van der Waals surface area (Å²) in [7, 11) is 1.54. The quantitative estimate of drug-likeness (QED) is 0.575. The van der Waals surface area contributed by atoms with Crippen LogP contribution in [0.2, 0.25) is 0 Å². The number of fused-ring (bicyclic) bond motifs is 1. The molecule has 86 valence electrons. The summed E-state index contributed by atoms with van der Waals surface area (Å²) in [6, 6.07) is 3.59. The van der Waals surface area contributed by atoms with Crippen molar-refractivity contribution >= 4 is 6.29 Å². The predicted molar refractivity (Wildman–Crippen MR) is 58.1 cm³/mol. The Labute approximate surface area is 94.1 Å². The van der Waals surface area contributed by atoms with Gasteiger partial charge in [-0.05, 0) is 30.5 Å². The third kappa shape index (κ3) is 2.17. The van der Waals surface area contributed by atoms with Gasteiger partial charge in [0.15, 0.2) is 13.1 Å². The van der Waals surface area contributed by atoms with Crippen molar-refractivity contribution in [2.24, 2.45) is 0 Å². The molecule has 0 saturated carbocycles. The van der Waals surface area contributed by atoms with Crippen molar-refractivity contribution in [2.45, 2.75) is 12.8 Å². The Hall–Kier alpha value is -1.55. The van der Waals surface area contributed by atoms with Crippen LogP contribution >= 0.6 is 0 Å². The lowest BCUT2D eigenvalue weighted by molar-refractivity contribution is 0.0504. The molecule has 0 amide bonds. The van der Waals surface area contributed by atoms with Crippen molar-refractivity contribution in [3.05, 3.63) is 23.3 Å².